The van der Waals surface area contributed by atoms with Crippen LogP contribution in [-0.4, -0.2) is 67.8 Å². The second kappa shape index (κ2) is 8.53. The van der Waals surface area contributed by atoms with Gasteiger partial charge in [-0.1, -0.05) is 0 Å². The molecule has 0 heterocycles. The maximum Gasteiger partial charge on any atom is 0.508 e. The molecule has 0 spiro atoms. The molecule has 2 atom stereocenters. The SMILES string of the molecule is O=C(OCC(F)(F)C(F)(F)COC(=O)C12CC3CC(C1)C(=O)C(C3)C2)OCC(F)(F)S(=O)(=O)O. The molecule has 0 radical (unpaired) electrons. The molecule has 4 fully saturated rings. The van der Waals surface area contributed by atoms with Gasteiger partial charge < -0.3 is 14.2 Å². The third-order valence-electron chi connectivity index (χ3n) is 6.45. The number of Topliss-reactive ketones (excluding diaryl/α,β-unsaturated/α-hetero) is 1. The molecular formula is C18H20F6O9S. The number of hydrogen-bond acceptors (Lipinski definition) is 8. The van der Waals surface area contributed by atoms with Gasteiger partial charge in [0, 0.05) is 11.8 Å². The highest BCUT2D eigenvalue weighted by atomic mass is 32.2. The zero-order valence-corrected chi connectivity index (χ0v) is 18.1. The second-order valence-corrected chi connectivity index (χ2v) is 10.5. The van der Waals surface area contributed by atoms with Crippen LogP contribution in [0.5, 0.6) is 0 Å². The Morgan fingerprint density at radius 2 is 1.35 bits per heavy atom. The molecule has 4 aliphatic carbocycles. The Balaban J connectivity index is 1.52. The summed E-state index contributed by atoms with van der Waals surface area (Å²) < 4.78 is 122. The van der Waals surface area contributed by atoms with Crippen molar-refractivity contribution >= 4 is 28.0 Å². The van der Waals surface area contributed by atoms with E-state index in [0.29, 0.717) is 19.3 Å². The maximum atomic E-state index is 14.0. The molecule has 0 aromatic carbocycles. The molecule has 0 saturated heterocycles. The Hall–Kier alpha value is -2.10. The molecule has 194 valence electrons. The first kappa shape index (κ1) is 26.5. The van der Waals surface area contributed by atoms with Crippen molar-refractivity contribution in [1.82, 2.24) is 0 Å². The minimum Gasteiger partial charge on any atom is -0.459 e. The minimum atomic E-state index is -6.00. The zero-order chi connectivity index (χ0) is 25.7. The van der Waals surface area contributed by atoms with E-state index < -0.39 is 76.4 Å². The molecule has 34 heavy (non-hydrogen) atoms. The van der Waals surface area contributed by atoms with Crippen LogP contribution in [0.15, 0.2) is 0 Å². The van der Waals surface area contributed by atoms with E-state index in [-0.39, 0.29) is 24.5 Å². The Morgan fingerprint density at radius 1 is 0.882 bits per heavy atom. The summed E-state index contributed by atoms with van der Waals surface area (Å²) in [6.07, 6.45) is -0.665. The number of alkyl halides is 6. The van der Waals surface area contributed by atoms with Gasteiger partial charge in [-0.3, -0.25) is 14.1 Å². The van der Waals surface area contributed by atoms with E-state index >= 15 is 0 Å². The number of hydrogen-bond donors (Lipinski definition) is 1. The van der Waals surface area contributed by atoms with Crippen LogP contribution >= 0.6 is 0 Å². The molecule has 0 aromatic heterocycles. The third-order valence-corrected chi connectivity index (χ3v) is 7.33. The Morgan fingerprint density at radius 3 is 1.85 bits per heavy atom. The standard InChI is InChI=1S/C18H20F6O9S/c19-16(20,17(21,22)7-32-14(27)33-8-18(23,24)34(28,29)30)6-31-13(26)15-3-9-1-10(4-15)12(25)11(2-9)5-15/h9-11H,1-8H2,(H,28,29,30). The van der Waals surface area contributed by atoms with Crippen LogP contribution in [0, 0.1) is 23.2 Å². The fourth-order valence-corrected chi connectivity index (χ4v) is 5.13. The van der Waals surface area contributed by atoms with Crippen molar-refractivity contribution in [2.75, 3.05) is 19.8 Å². The van der Waals surface area contributed by atoms with Gasteiger partial charge in [0.1, 0.15) is 5.78 Å². The van der Waals surface area contributed by atoms with Crippen LogP contribution in [0.3, 0.4) is 0 Å². The van der Waals surface area contributed by atoms with Crippen LogP contribution in [0.25, 0.3) is 0 Å². The van der Waals surface area contributed by atoms with Gasteiger partial charge in [-0.2, -0.15) is 34.8 Å². The summed E-state index contributed by atoms with van der Waals surface area (Å²) in [5.41, 5.74) is -1.20. The number of ether oxygens (including phenoxy) is 3. The minimum absolute atomic E-state index is 0.00891. The van der Waals surface area contributed by atoms with E-state index in [1.165, 1.54) is 0 Å². The van der Waals surface area contributed by atoms with Gasteiger partial charge in [0.25, 0.3) is 0 Å². The molecule has 4 bridgehead atoms. The fourth-order valence-electron chi connectivity index (χ4n) is 4.93. The number of halogens is 6. The molecule has 4 rings (SSSR count). The molecule has 9 nitrogen and oxygen atoms in total. The first-order valence-corrected chi connectivity index (χ1v) is 11.4. The monoisotopic (exact) mass is 526 g/mol. The molecule has 2 unspecified atom stereocenters. The van der Waals surface area contributed by atoms with Crippen molar-refractivity contribution in [1.29, 1.82) is 0 Å². The second-order valence-electron chi connectivity index (χ2n) is 8.95. The van der Waals surface area contributed by atoms with Crippen molar-refractivity contribution in [2.24, 2.45) is 23.2 Å². The quantitative estimate of drug-likeness (QED) is 0.274. The highest BCUT2D eigenvalue weighted by Crippen LogP contribution is 2.59. The summed E-state index contributed by atoms with van der Waals surface area (Å²) in [5.74, 6) is -12.0. The van der Waals surface area contributed by atoms with Gasteiger partial charge in [-0.05, 0) is 38.0 Å². The molecule has 0 amide bonds. The topological polar surface area (TPSA) is 133 Å². The molecule has 0 aromatic rings. The predicted octanol–water partition coefficient (Wildman–Crippen LogP) is 2.83. The molecule has 4 aliphatic rings. The van der Waals surface area contributed by atoms with E-state index in [9.17, 15) is 49.1 Å². The normalized spacial score (nSPS) is 29.1. The van der Waals surface area contributed by atoms with E-state index in [1.807, 2.05) is 0 Å². The van der Waals surface area contributed by atoms with E-state index in [0.717, 1.165) is 0 Å². The maximum absolute atomic E-state index is 14.0. The van der Waals surface area contributed by atoms with Gasteiger partial charge in [-0.15, -0.1) is 0 Å². The van der Waals surface area contributed by atoms with Crippen LogP contribution in [0.4, 0.5) is 31.1 Å². The first-order valence-electron chi connectivity index (χ1n) is 10.0. The van der Waals surface area contributed by atoms with Crippen molar-refractivity contribution in [2.45, 2.75) is 49.2 Å². The molecule has 1 N–H and O–H groups in total. The first-order chi connectivity index (χ1) is 15.4. The zero-order valence-electron chi connectivity index (χ0n) is 17.3. The van der Waals surface area contributed by atoms with E-state index in [1.54, 1.807) is 0 Å². The Labute approximate surface area is 188 Å². The Bertz CT molecular complexity index is 949. The van der Waals surface area contributed by atoms with Gasteiger partial charge in [-0.25, -0.2) is 4.79 Å². The van der Waals surface area contributed by atoms with Gasteiger partial charge in [0.15, 0.2) is 19.8 Å². The van der Waals surface area contributed by atoms with E-state index in [2.05, 4.69) is 14.2 Å². The van der Waals surface area contributed by atoms with Crippen LogP contribution < -0.4 is 0 Å². The Kier molecular flexibility index (Phi) is 6.65. The number of rotatable bonds is 9. The summed E-state index contributed by atoms with van der Waals surface area (Å²) in [4.78, 5) is 35.8. The fraction of sp³-hybridized carbons (Fsp3) is 0.833. The van der Waals surface area contributed by atoms with Crippen molar-refractivity contribution in [3.8, 4) is 0 Å². The summed E-state index contributed by atoms with van der Waals surface area (Å²) in [5, 5.41) is -4.99. The van der Waals surface area contributed by atoms with Crippen molar-refractivity contribution < 1.29 is 67.9 Å². The van der Waals surface area contributed by atoms with E-state index in [4.69, 9.17) is 4.55 Å². The predicted molar refractivity (Wildman–Crippen MR) is 95.6 cm³/mol. The van der Waals surface area contributed by atoms with Gasteiger partial charge >= 0.3 is 39.3 Å². The average molecular weight is 526 g/mol. The lowest BCUT2D eigenvalue weighted by Gasteiger charge is -2.54. The number of carbonyl (C=O) groups is 3. The molecule has 16 heteroatoms. The summed E-state index contributed by atoms with van der Waals surface area (Å²) in [6.45, 7) is -6.77. The molecular weight excluding hydrogens is 506 g/mol. The largest absolute Gasteiger partial charge is 0.508 e. The van der Waals surface area contributed by atoms with Crippen molar-refractivity contribution in [3.63, 3.8) is 0 Å². The van der Waals surface area contributed by atoms with Crippen molar-refractivity contribution in [3.05, 3.63) is 0 Å². The summed E-state index contributed by atoms with van der Waals surface area (Å²) in [7, 11) is -6.00. The lowest BCUT2D eigenvalue weighted by molar-refractivity contribution is -0.248. The number of esters is 1. The number of ketones is 1. The molecule has 0 aliphatic heterocycles. The molecule has 4 saturated carbocycles. The lowest BCUT2D eigenvalue weighted by atomic mass is 9.49. The average Bonchev–Trinajstić information content (AvgIpc) is 2.71. The van der Waals surface area contributed by atoms with Gasteiger partial charge in [0.2, 0.25) is 0 Å². The van der Waals surface area contributed by atoms with Crippen LogP contribution in [0.1, 0.15) is 32.1 Å². The lowest BCUT2D eigenvalue weighted by Crippen LogP contribution is -2.56. The number of carbonyl (C=O) groups excluding carboxylic acids is 3. The summed E-state index contributed by atoms with van der Waals surface area (Å²) >= 11 is 0. The third kappa shape index (κ3) is 4.97. The summed E-state index contributed by atoms with van der Waals surface area (Å²) in [6, 6.07) is 0. The van der Waals surface area contributed by atoms with Gasteiger partial charge in [0.05, 0.1) is 5.41 Å². The smallest absolute Gasteiger partial charge is 0.459 e. The van der Waals surface area contributed by atoms with Crippen LogP contribution in [-0.2, 0) is 33.9 Å². The highest BCUT2D eigenvalue weighted by Gasteiger charge is 2.61. The van der Waals surface area contributed by atoms with Crippen LogP contribution in [0.2, 0.25) is 0 Å². The highest BCUT2D eigenvalue weighted by molar-refractivity contribution is 7.86.